The monoisotopic (exact) mass is 369 g/mol. The molecule has 0 bridgehead atoms. The molecule has 3 rings (SSSR count). The van der Waals surface area contributed by atoms with Gasteiger partial charge in [-0.25, -0.2) is 4.68 Å². The van der Waals surface area contributed by atoms with Crippen LogP contribution in [0.5, 0.6) is 0 Å². The molecule has 1 saturated heterocycles. The van der Waals surface area contributed by atoms with E-state index in [9.17, 15) is 9.59 Å². The largest absolute Gasteiger partial charge is 0.354 e. The van der Waals surface area contributed by atoms with Gasteiger partial charge in [-0.1, -0.05) is 30.3 Å². The Kier molecular flexibility index (Phi) is 7.16. The van der Waals surface area contributed by atoms with Crippen LogP contribution in [0.1, 0.15) is 32.1 Å². The molecule has 1 aromatic carbocycles. The van der Waals surface area contributed by atoms with Crippen LogP contribution in [-0.2, 0) is 11.3 Å². The van der Waals surface area contributed by atoms with E-state index in [-0.39, 0.29) is 18.0 Å². The lowest BCUT2D eigenvalue weighted by molar-refractivity contribution is -0.899. The van der Waals surface area contributed by atoms with Crippen LogP contribution in [0.25, 0.3) is 11.3 Å². The number of aromatic nitrogens is 2. The van der Waals surface area contributed by atoms with Crippen LogP contribution in [0.15, 0.2) is 47.3 Å². The molecule has 2 aromatic rings. The van der Waals surface area contributed by atoms with Crippen LogP contribution in [0.3, 0.4) is 0 Å². The summed E-state index contributed by atoms with van der Waals surface area (Å²) in [7, 11) is 0. The number of benzene rings is 1. The summed E-state index contributed by atoms with van der Waals surface area (Å²) in [5, 5.41) is 7.25. The lowest BCUT2D eigenvalue weighted by Crippen LogP contribution is -3.11. The normalized spacial score (nSPS) is 15.3. The summed E-state index contributed by atoms with van der Waals surface area (Å²) in [6.07, 6.45) is 6.30. The minimum atomic E-state index is -0.265. The van der Waals surface area contributed by atoms with Gasteiger partial charge in [-0.05, 0) is 31.7 Å². The molecule has 2 N–H and O–H groups in total. The van der Waals surface area contributed by atoms with Crippen molar-refractivity contribution in [2.24, 2.45) is 0 Å². The average molecular weight is 369 g/mol. The summed E-state index contributed by atoms with van der Waals surface area (Å²) in [5.41, 5.74) is 1.35. The topological polar surface area (TPSA) is 68.4 Å². The van der Waals surface area contributed by atoms with Crippen molar-refractivity contribution < 1.29 is 9.69 Å². The van der Waals surface area contributed by atoms with Crippen LogP contribution in [0.4, 0.5) is 0 Å². The van der Waals surface area contributed by atoms with E-state index >= 15 is 0 Å². The molecule has 0 unspecified atom stereocenters. The maximum atomic E-state index is 12.2. The van der Waals surface area contributed by atoms with Gasteiger partial charge in [-0.15, -0.1) is 0 Å². The van der Waals surface area contributed by atoms with Crippen LogP contribution in [0.2, 0.25) is 0 Å². The zero-order valence-electron chi connectivity index (χ0n) is 15.8. The van der Waals surface area contributed by atoms with E-state index in [4.69, 9.17) is 0 Å². The Labute approximate surface area is 160 Å². The zero-order chi connectivity index (χ0) is 18.9. The van der Waals surface area contributed by atoms with Crippen molar-refractivity contribution in [2.45, 2.75) is 38.6 Å². The van der Waals surface area contributed by atoms with Gasteiger partial charge in [0.25, 0.3) is 5.56 Å². The van der Waals surface area contributed by atoms with Crippen molar-refractivity contribution in [2.75, 3.05) is 26.2 Å². The third-order valence-electron chi connectivity index (χ3n) is 5.07. The maximum absolute atomic E-state index is 12.2. The van der Waals surface area contributed by atoms with Gasteiger partial charge in [0.2, 0.25) is 5.91 Å². The Balaban J connectivity index is 1.48. The first-order valence-corrected chi connectivity index (χ1v) is 9.96. The molecule has 6 heteroatoms. The number of carbonyl (C=O) groups excluding carboxylic acids is 1. The Morgan fingerprint density at radius 1 is 1.04 bits per heavy atom. The summed E-state index contributed by atoms with van der Waals surface area (Å²) >= 11 is 0. The molecule has 6 nitrogen and oxygen atoms in total. The summed E-state index contributed by atoms with van der Waals surface area (Å²) in [6.45, 7) is 4.20. The maximum Gasteiger partial charge on any atom is 0.267 e. The minimum Gasteiger partial charge on any atom is -0.354 e. The number of nitrogens with one attached hydrogen (secondary N) is 2. The molecular formula is C21H29N4O2+. The van der Waals surface area contributed by atoms with E-state index in [2.05, 4.69) is 10.4 Å². The molecule has 0 saturated carbocycles. The highest BCUT2D eigenvalue weighted by Crippen LogP contribution is 2.13. The van der Waals surface area contributed by atoms with E-state index in [0.717, 1.165) is 18.5 Å². The molecule has 1 aromatic heterocycles. The van der Waals surface area contributed by atoms with E-state index < -0.39 is 0 Å². The third kappa shape index (κ3) is 6.03. The predicted octanol–water partition coefficient (Wildman–Crippen LogP) is 0.876. The quantitative estimate of drug-likeness (QED) is 0.712. The summed E-state index contributed by atoms with van der Waals surface area (Å²) in [5.74, 6) is -0.166. The van der Waals surface area contributed by atoms with Crippen molar-refractivity contribution in [3.05, 3.63) is 52.8 Å². The molecule has 0 aliphatic carbocycles. The number of nitrogens with zero attached hydrogens (tertiary/aromatic N) is 2. The molecule has 0 spiro atoms. The molecule has 1 fully saturated rings. The van der Waals surface area contributed by atoms with Gasteiger partial charge in [0.1, 0.15) is 6.54 Å². The number of amides is 1. The van der Waals surface area contributed by atoms with Gasteiger partial charge in [-0.3, -0.25) is 9.59 Å². The van der Waals surface area contributed by atoms with Gasteiger partial charge in [0.05, 0.1) is 25.3 Å². The lowest BCUT2D eigenvalue weighted by atomic mass is 10.1. The second kappa shape index (κ2) is 10.0. The van der Waals surface area contributed by atoms with E-state index in [0.29, 0.717) is 12.2 Å². The van der Waals surface area contributed by atoms with Crippen LogP contribution in [-0.4, -0.2) is 41.9 Å². The number of rotatable bonds is 7. The first-order valence-electron chi connectivity index (χ1n) is 9.96. The number of quaternary nitrogens is 1. The van der Waals surface area contributed by atoms with Crippen molar-refractivity contribution in [3.63, 3.8) is 0 Å². The van der Waals surface area contributed by atoms with Crippen molar-refractivity contribution in [1.29, 1.82) is 0 Å². The zero-order valence-corrected chi connectivity index (χ0v) is 15.8. The average Bonchev–Trinajstić information content (AvgIpc) is 2.96. The Morgan fingerprint density at radius 2 is 1.78 bits per heavy atom. The third-order valence-corrected chi connectivity index (χ3v) is 5.07. The second-order valence-electron chi connectivity index (χ2n) is 7.20. The summed E-state index contributed by atoms with van der Waals surface area (Å²) in [6, 6.07) is 12.8. The minimum absolute atomic E-state index is 0.0456. The Hall–Kier alpha value is -2.47. The number of hydrogen-bond donors (Lipinski definition) is 2. The molecule has 27 heavy (non-hydrogen) atoms. The summed E-state index contributed by atoms with van der Waals surface area (Å²) < 4.78 is 1.23. The fourth-order valence-corrected chi connectivity index (χ4v) is 3.56. The lowest BCUT2D eigenvalue weighted by Gasteiger charge is -2.16. The number of carbonyl (C=O) groups is 1. The highest BCUT2D eigenvalue weighted by molar-refractivity contribution is 5.75. The van der Waals surface area contributed by atoms with Crippen LogP contribution in [0, 0.1) is 0 Å². The van der Waals surface area contributed by atoms with Gasteiger partial charge in [0, 0.05) is 24.6 Å². The Morgan fingerprint density at radius 3 is 2.52 bits per heavy atom. The molecule has 1 aliphatic heterocycles. The fraction of sp³-hybridized carbons (Fsp3) is 0.476. The van der Waals surface area contributed by atoms with Crippen molar-refractivity contribution in [3.8, 4) is 11.3 Å². The van der Waals surface area contributed by atoms with Crippen LogP contribution < -0.4 is 15.8 Å². The van der Waals surface area contributed by atoms with E-state index in [1.807, 2.05) is 30.3 Å². The summed E-state index contributed by atoms with van der Waals surface area (Å²) in [4.78, 5) is 25.9. The SMILES string of the molecule is O=C(Cn1nc(-c2ccccc2)ccc1=O)NCCC[NH+]1CCCCCC1. The van der Waals surface area contributed by atoms with Gasteiger partial charge < -0.3 is 10.2 Å². The van der Waals surface area contributed by atoms with E-state index in [1.54, 1.807) is 11.0 Å². The highest BCUT2D eigenvalue weighted by atomic mass is 16.2. The number of hydrogen-bond acceptors (Lipinski definition) is 3. The van der Waals surface area contributed by atoms with Gasteiger partial charge in [0.15, 0.2) is 0 Å². The molecule has 1 aliphatic rings. The highest BCUT2D eigenvalue weighted by Gasteiger charge is 2.12. The van der Waals surface area contributed by atoms with E-state index in [1.165, 1.54) is 49.5 Å². The van der Waals surface area contributed by atoms with Gasteiger partial charge in [-0.2, -0.15) is 5.10 Å². The first-order chi connectivity index (χ1) is 13.2. The molecule has 0 atom stereocenters. The predicted molar refractivity (Wildman–Crippen MR) is 106 cm³/mol. The van der Waals surface area contributed by atoms with Crippen molar-refractivity contribution in [1.82, 2.24) is 15.1 Å². The molecule has 144 valence electrons. The fourth-order valence-electron chi connectivity index (χ4n) is 3.56. The number of likely N-dealkylation sites (tertiary alicyclic amines) is 1. The van der Waals surface area contributed by atoms with Crippen LogP contribution >= 0.6 is 0 Å². The van der Waals surface area contributed by atoms with Crippen molar-refractivity contribution >= 4 is 5.91 Å². The first kappa shape index (κ1) is 19.3. The van der Waals surface area contributed by atoms with Gasteiger partial charge >= 0.3 is 0 Å². The molecule has 1 amide bonds. The second-order valence-corrected chi connectivity index (χ2v) is 7.20. The Bertz CT molecular complexity index is 780. The standard InChI is InChI=1S/C21H28N4O2/c26-20(22-13-8-16-24-14-6-1-2-7-15-24)17-25-21(27)12-11-19(23-25)18-9-4-3-5-10-18/h3-5,9-12H,1-2,6-8,13-17H2,(H,22,26)/p+1. The molecule has 2 heterocycles. The smallest absolute Gasteiger partial charge is 0.267 e. The molecular weight excluding hydrogens is 340 g/mol. The molecule has 0 radical (unpaired) electrons.